The lowest BCUT2D eigenvalue weighted by Crippen LogP contribution is -2.51. The van der Waals surface area contributed by atoms with Crippen LogP contribution in [-0.2, 0) is 19.6 Å². The van der Waals surface area contributed by atoms with Gasteiger partial charge in [-0.15, -0.1) is 0 Å². The number of benzene rings is 1. The number of furan rings is 1. The fourth-order valence-electron chi connectivity index (χ4n) is 2.72. The lowest BCUT2D eigenvalue weighted by molar-refractivity contribution is -0.135. The van der Waals surface area contributed by atoms with E-state index in [9.17, 15) is 26.8 Å². The molecular formula is C17H16F2N2O6S. The zero-order valence-corrected chi connectivity index (χ0v) is 15.3. The van der Waals surface area contributed by atoms with Crippen LogP contribution in [0.25, 0.3) is 0 Å². The summed E-state index contributed by atoms with van der Waals surface area (Å²) in [4.78, 5) is 24.1. The van der Waals surface area contributed by atoms with Gasteiger partial charge in [-0.05, 0) is 24.3 Å². The summed E-state index contributed by atoms with van der Waals surface area (Å²) in [6.45, 7) is -0.838. The predicted octanol–water partition coefficient (Wildman–Crippen LogP) is 1.25. The molecule has 150 valence electrons. The molecule has 11 heteroatoms. The number of ether oxygens (including phenoxy) is 1. The van der Waals surface area contributed by atoms with Crippen LogP contribution in [0.1, 0.15) is 10.6 Å². The van der Waals surface area contributed by atoms with E-state index in [2.05, 4.69) is 0 Å². The van der Waals surface area contributed by atoms with Crippen LogP contribution in [0.4, 0.5) is 8.78 Å². The SMILES string of the molecule is O=C(OCC(=O)N1CCN(S(=O)(=O)c2c(F)cccc2F)CC1)c1ccco1. The highest BCUT2D eigenvalue weighted by atomic mass is 32.2. The molecule has 1 aromatic heterocycles. The number of hydrogen-bond acceptors (Lipinski definition) is 6. The summed E-state index contributed by atoms with van der Waals surface area (Å²) < 4.78 is 63.3. The van der Waals surface area contributed by atoms with Crippen LogP contribution < -0.4 is 0 Å². The Morgan fingerprint density at radius 1 is 1.04 bits per heavy atom. The van der Waals surface area contributed by atoms with E-state index in [0.717, 1.165) is 22.5 Å². The van der Waals surface area contributed by atoms with Gasteiger partial charge in [0.25, 0.3) is 5.91 Å². The summed E-state index contributed by atoms with van der Waals surface area (Å²) in [5, 5.41) is 0. The number of esters is 1. The van der Waals surface area contributed by atoms with Crippen LogP contribution in [0.3, 0.4) is 0 Å². The largest absolute Gasteiger partial charge is 0.457 e. The van der Waals surface area contributed by atoms with E-state index in [1.165, 1.54) is 23.3 Å². The van der Waals surface area contributed by atoms with Gasteiger partial charge in [0.2, 0.25) is 15.8 Å². The Morgan fingerprint density at radius 3 is 2.25 bits per heavy atom. The molecule has 1 amide bonds. The van der Waals surface area contributed by atoms with Crippen molar-refractivity contribution >= 4 is 21.9 Å². The van der Waals surface area contributed by atoms with Gasteiger partial charge in [-0.25, -0.2) is 22.0 Å². The van der Waals surface area contributed by atoms with E-state index in [0.29, 0.717) is 0 Å². The van der Waals surface area contributed by atoms with Crippen molar-refractivity contribution in [2.75, 3.05) is 32.8 Å². The third-order valence-electron chi connectivity index (χ3n) is 4.16. The smallest absolute Gasteiger partial charge is 0.374 e. The maximum atomic E-state index is 13.8. The molecule has 1 saturated heterocycles. The van der Waals surface area contributed by atoms with Crippen LogP contribution in [0.15, 0.2) is 45.9 Å². The van der Waals surface area contributed by atoms with Gasteiger partial charge in [0.05, 0.1) is 6.26 Å². The first kappa shape index (κ1) is 20.0. The molecule has 2 aromatic rings. The van der Waals surface area contributed by atoms with Crippen LogP contribution in [0.5, 0.6) is 0 Å². The highest BCUT2D eigenvalue weighted by Gasteiger charge is 2.34. The second kappa shape index (κ2) is 8.07. The first-order valence-electron chi connectivity index (χ1n) is 8.23. The van der Waals surface area contributed by atoms with Gasteiger partial charge >= 0.3 is 5.97 Å². The van der Waals surface area contributed by atoms with Gasteiger partial charge in [-0.1, -0.05) is 6.07 Å². The molecule has 1 aliphatic rings. The van der Waals surface area contributed by atoms with Gasteiger partial charge in [0.15, 0.2) is 11.5 Å². The maximum Gasteiger partial charge on any atom is 0.374 e. The fraction of sp³-hybridized carbons (Fsp3) is 0.294. The van der Waals surface area contributed by atoms with Crippen LogP contribution >= 0.6 is 0 Å². The minimum atomic E-state index is -4.38. The Bertz CT molecular complexity index is 949. The molecule has 0 aliphatic carbocycles. The lowest BCUT2D eigenvalue weighted by atomic mass is 10.3. The lowest BCUT2D eigenvalue weighted by Gasteiger charge is -2.33. The molecule has 0 atom stereocenters. The van der Waals surface area contributed by atoms with Crippen LogP contribution in [0.2, 0.25) is 0 Å². The molecule has 0 unspecified atom stereocenters. The number of piperazine rings is 1. The Hall–Kier alpha value is -2.79. The van der Waals surface area contributed by atoms with Gasteiger partial charge in [-0.3, -0.25) is 4.79 Å². The van der Waals surface area contributed by atoms with Gasteiger partial charge in [0, 0.05) is 26.2 Å². The fourth-order valence-corrected chi connectivity index (χ4v) is 4.25. The topological polar surface area (TPSA) is 97.1 Å². The van der Waals surface area contributed by atoms with E-state index < -0.39 is 45.0 Å². The number of sulfonamides is 1. The van der Waals surface area contributed by atoms with Crippen LogP contribution in [-0.4, -0.2) is 62.3 Å². The quantitative estimate of drug-likeness (QED) is 0.683. The molecule has 1 fully saturated rings. The summed E-state index contributed by atoms with van der Waals surface area (Å²) in [7, 11) is -4.38. The summed E-state index contributed by atoms with van der Waals surface area (Å²) >= 11 is 0. The zero-order chi connectivity index (χ0) is 20.3. The second-order valence-corrected chi connectivity index (χ2v) is 7.76. The zero-order valence-electron chi connectivity index (χ0n) is 14.5. The number of rotatable bonds is 5. The van der Waals surface area contributed by atoms with Crippen molar-refractivity contribution in [3.63, 3.8) is 0 Å². The molecule has 2 heterocycles. The first-order chi connectivity index (χ1) is 13.3. The first-order valence-corrected chi connectivity index (χ1v) is 9.67. The second-order valence-electron chi connectivity index (χ2n) is 5.89. The number of nitrogens with zero attached hydrogens (tertiary/aromatic N) is 2. The number of hydrogen-bond donors (Lipinski definition) is 0. The van der Waals surface area contributed by atoms with Gasteiger partial charge in [-0.2, -0.15) is 4.31 Å². The van der Waals surface area contributed by atoms with E-state index in [4.69, 9.17) is 9.15 Å². The summed E-state index contributed by atoms with van der Waals surface area (Å²) in [5.41, 5.74) is 0. The Morgan fingerprint density at radius 2 is 1.68 bits per heavy atom. The van der Waals surface area contributed by atoms with Crippen molar-refractivity contribution in [2.24, 2.45) is 0 Å². The van der Waals surface area contributed by atoms with Gasteiger partial charge in [0.1, 0.15) is 11.6 Å². The third-order valence-corrected chi connectivity index (χ3v) is 6.11. The molecule has 0 saturated carbocycles. The summed E-state index contributed by atoms with van der Waals surface area (Å²) in [6.07, 6.45) is 1.29. The van der Waals surface area contributed by atoms with Crippen molar-refractivity contribution in [3.8, 4) is 0 Å². The average Bonchev–Trinajstić information content (AvgIpc) is 3.20. The van der Waals surface area contributed by atoms with E-state index in [1.807, 2.05) is 0 Å². The van der Waals surface area contributed by atoms with Crippen molar-refractivity contribution in [2.45, 2.75) is 4.90 Å². The number of carbonyl (C=O) groups excluding carboxylic acids is 2. The molecule has 0 radical (unpaired) electrons. The summed E-state index contributed by atoms with van der Waals surface area (Å²) in [5.74, 6) is -3.72. The monoisotopic (exact) mass is 414 g/mol. The standard InChI is InChI=1S/C17H16F2N2O6S/c18-12-3-1-4-13(19)16(12)28(24,25)21-8-6-20(7-9-21)15(22)11-27-17(23)14-5-2-10-26-14/h1-5,10H,6-9,11H2. The molecule has 28 heavy (non-hydrogen) atoms. The molecule has 1 aliphatic heterocycles. The Labute approximate surface area is 159 Å². The van der Waals surface area contributed by atoms with Crippen molar-refractivity contribution in [1.29, 1.82) is 0 Å². The molecule has 0 bridgehead atoms. The highest BCUT2D eigenvalue weighted by molar-refractivity contribution is 7.89. The van der Waals surface area contributed by atoms with Gasteiger partial charge < -0.3 is 14.1 Å². The molecule has 8 nitrogen and oxygen atoms in total. The minimum Gasteiger partial charge on any atom is -0.457 e. The normalized spacial score (nSPS) is 15.4. The summed E-state index contributed by atoms with van der Waals surface area (Å²) in [6, 6.07) is 5.69. The van der Waals surface area contributed by atoms with Crippen molar-refractivity contribution in [3.05, 3.63) is 54.0 Å². The van der Waals surface area contributed by atoms with E-state index in [1.54, 1.807) is 0 Å². The Kier molecular flexibility index (Phi) is 5.75. The number of halogens is 2. The average molecular weight is 414 g/mol. The molecule has 0 N–H and O–H groups in total. The minimum absolute atomic E-state index is 0.00750. The van der Waals surface area contributed by atoms with E-state index >= 15 is 0 Å². The number of carbonyl (C=O) groups is 2. The molecule has 0 spiro atoms. The molecule has 3 rings (SSSR count). The maximum absolute atomic E-state index is 13.8. The molecule has 1 aromatic carbocycles. The highest BCUT2D eigenvalue weighted by Crippen LogP contribution is 2.23. The Balaban J connectivity index is 1.58. The number of amides is 1. The van der Waals surface area contributed by atoms with Crippen molar-refractivity contribution in [1.82, 2.24) is 9.21 Å². The molecular weight excluding hydrogens is 398 g/mol. The van der Waals surface area contributed by atoms with Crippen molar-refractivity contribution < 1.29 is 35.9 Å². The van der Waals surface area contributed by atoms with Crippen LogP contribution in [0, 0.1) is 11.6 Å². The van der Waals surface area contributed by atoms with E-state index in [-0.39, 0.29) is 31.9 Å². The third kappa shape index (κ3) is 4.04. The predicted molar refractivity (Wildman–Crippen MR) is 90.7 cm³/mol.